The number of halogens is 5. The first-order valence-corrected chi connectivity index (χ1v) is 10.2. The van der Waals surface area contributed by atoms with Crippen LogP contribution in [0.1, 0.15) is 36.7 Å². The van der Waals surface area contributed by atoms with Crippen LogP contribution in [0.2, 0.25) is 5.15 Å². The Labute approximate surface area is 191 Å². The van der Waals surface area contributed by atoms with Crippen molar-refractivity contribution in [1.82, 2.24) is 4.98 Å². The predicted molar refractivity (Wildman–Crippen MR) is 114 cm³/mol. The molecule has 33 heavy (non-hydrogen) atoms. The number of aromatic nitrogens is 1. The number of hydrogen-bond acceptors (Lipinski definition) is 6. The molecule has 178 valence electrons. The van der Waals surface area contributed by atoms with Crippen molar-refractivity contribution in [2.75, 3.05) is 18.5 Å². The normalized spacial score (nSPS) is 23.1. The smallest absolute Gasteiger partial charge is 0.424 e. The summed E-state index contributed by atoms with van der Waals surface area (Å²) >= 11 is 6.05. The van der Waals surface area contributed by atoms with Crippen molar-refractivity contribution < 1.29 is 31.8 Å². The van der Waals surface area contributed by atoms with Gasteiger partial charge in [0.05, 0.1) is 18.8 Å². The first-order chi connectivity index (χ1) is 15.3. The topological polar surface area (TPSA) is 98.8 Å². The van der Waals surface area contributed by atoms with Gasteiger partial charge in [0.15, 0.2) is 0 Å². The molecule has 7 nitrogen and oxygen atoms in total. The number of anilines is 1. The minimum atomic E-state index is -4.80. The van der Waals surface area contributed by atoms with Crippen LogP contribution < -0.4 is 15.8 Å². The van der Waals surface area contributed by atoms with E-state index in [4.69, 9.17) is 26.8 Å². The summed E-state index contributed by atoms with van der Waals surface area (Å²) in [6, 6.07) is 6.47. The summed E-state index contributed by atoms with van der Waals surface area (Å²) in [5.74, 6) is -1.97. The van der Waals surface area contributed by atoms with E-state index in [0.29, 0.717) is 6.61 Å². The van der Waals surface area contributed by atoms with Crippen LogP contribution in [0.3, 0.4) is 0 Å². The molecule has 1 aromatic carbocycles. The lowest BCUT2D eigenvalue weighted by atomic mass is 9.89. The SMILES string of the molecule is CCOc1ccc(C(=O)Nc2ccc(F)c(C3(C)COC(C)(C(F)(F)F)C(N)=N3)c2)c(Cl)n1. The van der Waals surface area contributed by atoms with Crippen LogP contribution in [-0.2, 0) is 10.3 Å². The largest absolute Gasteiger partial charge is 0.478 e. The van der Waals surface area contributed by atoms with Gasteiger partial charge in [0, 0.05) is 17.3 Å². The van der Waals surface area contributed by atoms with Gasteiger partial charge in [-0.2, -0.15) is 13.2 Å². The van der Waals surface area contributed by atoms with Crippen LogP contribution in [0, 0.1) is 5.82 Å². The zero-order valence-corrected chi connectivity index (χ0v) is 18.6. The Bertz CT molecular complexity index is 1110. The predicted octanol–water partition coefficient (Wildman–Crippen LogP) is 4.45. The second-order valence-electron chi connectivity index (χ2n) is 7.66. The van der Waals surface area contributed by atoms with Crippen molar-refractivity contribution in [1.29, 1.82) is 0 Å². The number of nitrogens with one attached hydrogen (secondary N) is 1. The summed E-state index contributed by atoms with van der Waals surface area (Å²) < 4.78 is 64.9. The van der Waals surface area contributed by atoms with Crippen LogP contribution >= 0.6 is 11.6 Å². The van der Waals surface area contributed by atoms with Gasteiger partial charge in [0.1, 0.15) is 22.3 Å². The lowest BCUT2D eigenvalue weighted by Crippen LogP contribution is -2.60. The number of hydrogen-bond donors (Lipinski definition) is 2. The van der Waals surface area contributed by atoms with Crippen molar-refractivity contribution in [3.63, 3.8) is 0 Å². The van der Waals surface area contributed by atoms with Crippen LogP contribution in [-0.4, -0.2) is 41.7 Å². The number of rotatable bonds is 5. The third-order valence-electron chi connectivity index (χ3n) is 5.20. The average molecular weight is 489 g/mol. The zero-order chi connectivity index (χ0) is 24.6. The number of benzene rings is 1. The lowest BCUT2D eigenvalue weighted by molar-refractivity contribution is -0.249. The molecule has 0 spiro atoms. The van der Waals surface area contributed by atoms with Gasteiger partial charge in [0.2, 0.25) is 11.5 Å². The number of nitrogens with two attached hydrogens (primary N) is 1. The summed E-state index contributed by atoms with van der Waals surface area (Å²) in [5, 5.41) is 2.45. The summed E-state index contributed by atoms with van der Waals surface area (Å²) in [6.45, 7) is 3.68. The third kappa shape index (κ3) is 4.74. The third-order valence-corrected chi connectivity index (χ3v) is 5.49. The highest BCUT2D eigenvalue weighted by Crippen LogP contribution is 2.41. The minimum Gasteiger partial charge on any atom is -0.478 e. The number of carbonyl (C=O) groups excluding carboxylic acids is 1. The quantitative estimate of drug-likeness (QED) is 0.478. The number of pyridine rings is 1. The number of alkyl halides is 3. The summed E-state index contributed by atoms with van der Waals surface area (Å²) in [6.07, 6.45) is -4.80. The highest BCUT2D eigenvalue weighted by atomic mass is 35.5. The van der Waals surface area contributed by atoms with E-state index in [-0.39, 0.29) is 27.8 Å². The molecule has 3 N–H and O–H groups in total. The molecule has 2 aromatic rings. The molecule has 1 aliphatic rings. The van der Waals surface area contributed by atoms with E-state index < -0.39 is 41.5 Å². The maximum atomic E-state index is 14.6. The molecule has 2 unspecified atom stereocenters. The molecule has 0 saturated carbocycles. The van der Waals surface area contributed by atoms with E-state index in [9.17, 15) is 22.4 Å². The lowest BCUT2D eigenvalue weighted by Gasteiger charge is -2.41. The van der Waals surface area contributed by atoms with Crippen molar-refractivity contribution in [3.8, 4) is 5.88 Å². The van der Waals surface area contributed by atoms with Gasteiger partial charge in [0.25, 0.3) is 5.91 Å². The number of carbonyl (C=O) groups is 1. The van der Waals surface area contributed by atoms with Crippen molar-refractivity contribution in [3.05, 3.63) is 52.4 Å². The molecule has 0 aliphatic carbocycles. The second-order valence-corrected chi connectivity index (χ2v) is 8.02. The molecule has 1 amide bonds. The first kappa shape index (κ1) is 24.7. The maximum absolute atomic E-state index is 14.6. The Hall–Kier alpha value is -2.92. The van der Waals surface area contributed by atoms with Gasteiger partial charge in [-0.25, -0.2) is 9.37 Å². The molecular formula is C21H21ClF4N4O3. The maximum Gasteiger partial charge on any atom is 0.424 e. The molecular weight excluding hydrogens is 468 g/mol. The van der Waals surface area contributed by atoms with Crippen molar-refractivity contribution >= 4 is 29.0 Å². The standard InChI is InChI=1S/C21H21ClF4N4O3/c1-4-32-15-8-6-12(16(22)29-15)17(31)28-11-5-7-14(23)13(9-11)19(2)10-33-20(3,18(27)30-19)21(24,25)26/h5-9H,4,10H2,1-3H3,(H2,27,30)(H,28,31). The average Bonchev–Trinajstić information content (AvgIpc) is 2.72. The Morgan fingerprint density at radius 2 is 2.00 bits per heavy atom. The van der Waals surface area contributed by atoms with Crippen LogP contribution in [0.5, 0.6) is 5.88 Å². The van der Waals surface area contributed by atoms with Crippen molar-refractivity contribution in [2.45, 2.75) is 38.1 Å². The van der Waals surface area contributed by atoms with E-state index in [1.54, 1.807) is 6.92 Å². The number of ether oxygens (including phenoxy) is 2. The molecule has 2 heterocycles. The molecule has 1 aromatic heterocycles. The van der Waals surface area contributed by atoms with Gasteiger partial charge < -0.3 is 20.5 Å². The van der Waals surface area contributed by atoms with E-state index in [1.165, 1.54) is 31.2 Å². The molecule has 0 bridgehead atoms. The van der Waals surface area contributed by atoms with E-state index >= 15 is 0 Å². The molecule has 0 saturated heterocycles. The van der Waals surface area contributed by atoms with Gasteiger partial charge in [-0.15, -0.1) is 0 Å². The zero-order valence-electron chi connectivity index (χ0n) is 17.9. The molecule has 2 atom stereocenters. The summed E-state index contributed by atoms with van der Waals surface area (Å²) in [5.41, 5.74) is 1.33. The highest BCUT2D eigenvalue weighted by Gasteiger charge is 2.59. The number of aliphatic imine (C=N–C) groups is 1. The molecule has 0 radical (unpaired) electrons. The Morgan fingerprint density at radius 1 is 1.30 bits per heavy atom. The first-order valence-electron chi connectivity index (χ1n) is 9.78. The van der Waals surface area contributed by atoms with E-state index in [0.717, 1.165) is 13.0 Å². The van der Waals surface area contributed by atoms with E-state index in [2.05, 4.69) is 15.3 Å². The highest BCUT2D eigenvalue weighted by molar-refractivity contribution is 6.33. The monoisotopic (exact) mass is 488 g/mol. The van der Waals surface area contributed by atoms with Gasteiger partial charge >= 0.3 is 6.18 Å². The second kappa shape index (κ2) is 8.79. The van der Waals surface area contributed by atoms with Crippen molar-refractivity contribution in [2.24, 2.45) is 10.7 Å². The number of amidine groups is 1. The van der Waals surface area contributed by atoms with Crippen LogP contribution in [0.15, 0.2) is 35.3 Å². The fourth-order valence-corrected chi connectivity index (χ4v) is 3.39. The Balaban J connectivity index is 1.90. The minimum absolute atomic E-state index is 0.0430. The van der Waals surface area contributed by atoms with Gasteiger partial charge in [-0.05, 0) is 45.0 Å². The van der Waals surface area contributed by atoms with Gasteiger partial charge in [-0.1, -0.05) is 11.6 Å². The molecule has 3 rings (SSSR count). The molecule has 1 aliphatic heterocycles. The Morgan fingerprint density at radius 3 is 2.58 bits per heavy atom. The summed E-state index contributed by atoms with van der Waals surface area (Å²) in [7, 11) is 0. The fraction of sp³-hybridized carbons (Fsp3) is 0.381. The number of amides is 1. The molecule has 0 fully saturated rings. The Kier molecular flexibility index (Phi) is 6.58. The summed E-state index contributed by atoms with van der Waals surface area (Å²) in [4.78, 5) is 20.5. The molecule has 12 heteroatoms. The van der Waals surface area contributed by atoms with E-state index in [1.807, 2.05) is 0 Å². The fourth-order valence-electron chi connectivity index (χ4n) is 3.16. The van der Waals surface area contributed by atoms with Crippen LogP contribution in [0.25, 0.3) is 0 Å². The number of nitrogens with zero attached hydrogens (tertiary/aromatic N) is 2. The van der Waals surface area contributed by atoms with Crippen LogP contribution in [0.4, 0.5) is 23.2 Å². The van der Waals surface area contributed by atoms with Gasteiger partial charge in [-0.3, -0.25) is 9.79 Å².